The number of halogens is 3. The van der Waals surface area contributed by atoms with Crippen LogP contribution in [0.1, 0.15) is 6.92 Å². The first-order valence-electron chi connectivity index (χ1n) is 4.49. The molecular formula is C9H8F3NO4S. The monoisotopic (exact) mass is 283 g/mol. The summed E-state index contributed by atoms with van der Waals surface area (Å²) in [6, 6.07) is 3.46. The molecule has 100 valence electrons. The van der Waals surface area contributed by atoms with Crippen molar-refractivity contribution in [3.05, 3.63) is 24.3 Å². The summed E-state index contributed by atoms with van der Waals surface area (Å²) in [6.45, 7) is 0.999. The topological polar surface area (TPSA) is 72.5 Å². The predicted octanol–water partition coefficient (Wildman–Crippen LogP) is 1.41. The molecule has 18 heavy (non-hydrogen) atoms. The van der Waals surface area contributed by atoms with E-state index in [4.69, 9.17) is 0 Å². The van der Waals surface area contributed by atoms with E-state index in [9.17, 15) is 26.4 Å². The number of carbonyl (C=O) groups excluding carboxylic acids is 1. The van der Waals surface area contributed by atoms with Gasteiger partial charge in [-0.2, -0.15) is 0 Å². The maximum Gasteiger partial charge on any atom is 0.573 e. The fraction of sp³-hybridized carbons (Fsp3) is 0.222. The first kappa shape index (κ1) is 14.3. The lowest BCUT2D eigenvalue weighted by Crippen LogP contribution is -2.28. The Hall–Kier alpha value is -1.77. The van der Waals surface area contributed by atoms with Crippen molar-refractivity contribution in [2.45, 2.75) is 18.2 Å². The molecule has 0 aliphatic rings. The van der Waals surface area contributed by atoms with Gasteiger partial charge in [0.25, 0.3) is 10.0 Å². The molecule has 9 heteroatoms. The Morgan fingerprint density at radius 3 is 2.11 bits per heavy atom. The average Bonchev–Trinajstić information content (AvgIpc) is 2.13. The maximum absolute atomic E-state index is 11.9. The van der Waals surface area contributed by atoms with Crippen LogP contribution >= 0.6 is 0 Å². The largest absolute Gasteiger partial charge is 0.573 e. The van der Waals surface area contributed by atoms with Crippen molar-refractivity contribution in [2.24, 2.45) is 0 Å². The van der Waals surface area contributed by atoms with Crippen LogP contribution in [0.3, 0.4) is 0 Å². The number of rotatable bonds is 3. The summed E-state index contributed by atoms with van der Waals surface area (Å²) in [4.78, 5) is 10.3. The quantitative estimate of drug-likeness (QED) is 0.910. The van der Waals surface area contributed by atoms with Crippen LogP contribution in [-0.2, 0) is 14.8 Å². The number of sulfonamides is 1. The minimum atomic E-state index is -4.85. The summed E-state index contributed by atoms with van der Waals surface area (Å²) in [5.74, 6) is -1.35. The molecule has 0 fully saturated rings. The molecule has 0 saturated heterocycles. The van der Waals surface area contributed by atoms with Gasteiger partial charge >= 0.3 is 6.36 Å². The number of ether oxygens (including phenoxy) is 1. The highest BCUT2D eigenvalue weighted by atomic mass is 32.2. The highest BCUT2D eigenvalue weighted by molar-refractivity contribution is 7.90. The van der Waals surface area contributed by atoms with E-state index in [2.05, 4.69) is 4.74 Å². The molecule has 0 heterocycles. The molecule has 0 aliphatic carbocycles. The molecule has 1 rings (SSSR count). The first-order valence-corrected chi connectivity index (χ1v) is 5.98. The normalized spacial score (nSPS) is 12.0. The zero-order chi connectivity index (χ0) is 14.0. The molecule has 1 aromatic rings. The highest BCUT2D eigenvalue weighted by Crippen LogP contribution is 2.23. The van der Waals surface area contributed by atoms with Gasteiger partial charge in [-0.05, 0) is 24.3 Å². The van der Waals surface area contributed by atoms with Crippen LogP contribution in [0.15, 0.2) is 29.2 Å². The van der Waals surface area contributed by atoms with Crippen LogP contribution in [0.2, 0.25) is 0 Å². The van der Waals surface area contributed by atoms with Gasteiger partial charge in [-0.1, -0.05) is 0 Å². The fourth-order valence-electron chi connectivity index (χ4n) is 1.07. The molecule has 0 aliphatic heterocycles. The summed E-state index contributed by atoms with van der Waals surface area (Å²) in [5, 5.41) is 0. The Bertz CT molecular complexity index is 536. The standard InChI is InChI=1S/C9H8F3NO4S/c1-6(14)13-18(15,16)8-4-2-7(3-5-8)17-9(10,11)12/h2-5H,1H3,(H,13,14). The summed E-state index contributed by atoms with van der Waals surface area (Å²) in [6.07, 6.45) is -4.85. The van der Waals surface area contributed by atoms with Gasteiger partial charge in [0, 0.05) is 6.92 Å². The summed E-state index contributed by atoms with van der Waals surface area (Å²) >= 11 is 0. The van der Waals surface area contributed by atoms with Crippen molar-refractivity contribution in [2.75, 3.05) is 0 Å². The van der Waals surface area contributed by atoms with Gasteiger partial charge in [0.05, 0.1) is 4.90 Å². The third kappa shape index (κ3) is 4.24. The second-order valence-electron chi connectivity index (χ2n) is 3.18. The van der Waals surface area contributed by atoms with E-state index in [0.29, 0.717) is 0 Å². The van der Waals surface area contributed by atoms with Crippen LogP contribution in [-0.4, -0.2) is 20.7 Å². The van der Waals surface area contributed by atoms with Crippen LogP contribution in [0, 0.1) is 0 Å². The molecule has 0 aromatic heterocycles. The molecule has 5 nitrogen and oxygen atoms in total. The van der Waals surface area contributed by atoms with Gasteiger partial charge in [0.1, 0.15) is 5.75 Å². The Morgan fingerprint density at radius 2 is 1.72 bits per heavy atom. The lowest BCUT2D eigenvalue weighted by Gasteiger charge is -2.09. The zero-order valence-electron chi connectivity index (χ0n) is 8.98. The SMILES string of the molecule is CC(=O)NS(=O)(=O)c1ccc(OC(F)(F)F)cc1. The summed E-state index contributed by atoms with van der Waals surface area (Å²) in [7, 11) is -4.06. The van der Waals surface area contributed by atoms with E-state index in [1.165, 1.54) is 0 Å². The average molecular weight is 283 g/mol. The van der Waals surface area contributed by atoms with Crippen molar-refractivity contribution in [3.8, 4) is 5.75 Å². The Balaban J connectivity index is 2.93. The second kappa shape index (κ2) is 4.84. The smallest absolute Gasteiger partial charge is 0.406 e. The second-order valence-corrected chi connectivity index (χ2v) is 4.86. The molecule has 0 spiro atoms. The molecule has 1 N–H and O–H groups in total. The van der Waals surface area contributed by atoms with E-state index in [-0.39, 0.29) is 4.90 Å². The molecular weight excluding hydrogens is 275 g/mol. The number of hydrogen-bond acceptors (Lipinski definition) is 4. The lowest BCUT2D eigenvalue weighted by molar-refractivity contribution is -0.274. The Kier molecular flexibility index (Phi) is 3.85. The third-order valence-corrected chi connectivity index (χ3v) is 3.09. The van der Waals surface area contributed by atoms with Crippen molar-refractivity contribution in [1.82, 2.24) is 4.72 Å². The molecule has 0 bridgehead atoms. The zero-order valence-corrected chi connectivity index (χ0v) is 9.80. The minimum Gasteiger partial charge on any atom is -0.406 e. The van der Waals surface area contributed by atoms with Crippen LogP contribution in [0.5, 0.6) is 5.75 Å². The number of carbonyl (C=O) groups is 1. The van der Waals surface area contributed by atoms with Gasteiger partial charge in [-0.15, -0.1) is 13.2 Å². The summed E-state index contributed by atoms with van der Waals surface area (Å²) < 4.78 is 63.7. The number of alkyl halides is 3. The number of amides is 1. The van der Waals surface area contributed by atoms with Gasteiger partial charge in [-0.3, -0.25) is 4.79 Å². The van der Waals surface area contributed by atoms with Crippen LogP contribution in [0.4, 0.5) is 13.2 Å². The fourth-order valence-corrected chi connectivity index (χ4v) is 2.06. The van der Waals surface area contributed by atoms with Crippen LogP contribution < -0.4 is 9.46 Å². The minimum absolute atomic E-state index is 0.341. The van der Waals surface area contributed by atoms with Crippen LogP contribution in [0.25, 0.3) is 0 Å². The predicted molar refractivity (Wildman–Crippen MR) is 54.1 cm³/mol. The van der Waals surface area contributed by atoms with Crippen molar-refractivity contribution < 1.29 is 31.1 Å². The molecule has 1 amide bonds. The number of nitrogens with one attached hydrogen (secondary N) is 1. The molecule has 0 atom stereocenters. The highest BCUT2D eigenvalue weighted by Gasteiger charge is 2.31. The van der Waals surface area contributed by atoms with Crippen molar-refractivity contribution >= 4 is 15.9 Å². The van der Waals surface area contributed by atoms with Gasteiger partial charge in [0.2, 0.25) is 5.91 Å². The maximum atomic E-state index is 11.9. The molecule has 0 saturated carbocycles. The van der Waals surface area contributed by atoms with E-state index in [1.54, 1.807) is 4.72 Å². The Labute approximate surface area is 101 Å². The van der Waals surface area contributed by atoms with Gasteiger partial charge in [0.15, 0.2) is 0 Å². The molecule has 1 aromatic carbocycles. The van der Waals surface area contributed by atoms with Gasteiger partial charge in [-0.25, -0.2) is 13.1 Å². The lowest BCUT2D eigenvalue weighted by atomic mass is 10.3. The van der Waals surface area contributed by atoms with Gasteiger partial charge < -0.3 is 4.74 Å². The van der Waals surface area contributed by atoms with Crippen molar-refractivity contribution in [3.63, 3.8) is 0 Å². The van der Waals surface area contributed by atoms with E-state index < -0.39 is 28.0 Å². The Morgan fingerprint density at radius 1 is 1.22 bits per heavy atom. The number of benzene rings is 1. The summed E-state index contributed by atoms with van der Waals surface area (Å²) in [5.41, 5.74) is 0. The number of hydrogen-bond donors (Lipinski definition) is 1. The first-order chi connectivity index (χ1) is 8.10. The van der Waals surface area contributed by atoms with E-state index >= 15 is 0 Å². The van der Waals surface area contributed by atoms with E-state index in [1.807, 2.05) is 0 Å². The van der Waals surface area contributed by atoms with E-state index in [0.717, 1.165) is 31.2 Å². The van der Waals surface area contributed by atoms with Crippen molar-refractivity contribution in [1.29, 1.82) is 0 Å². The third-order valence-electron chi connectivity index (χ3n) is 1.65. The molecule has 0 unspecified atom stereocenters. The molecule has 0 radical (unpaired) electrons.